The third-order valence-electron chi connectivity index (χ3n) is 4.20. The Balaban J connectivity index is 1.51. The van der Waals surface area contributed by atoms with E-state index in [1.165, 1.54) is 37.8 Å². The average molecular weight is 260 g/mol. The van der Waals surface area contributed by atoms with Crippen LogP contribution in [0.25, 0.3) is 0 Å². The van der Waals surface area contributed by atoms with Gasteiger partial charge < -0.3 is 10.2 Å². The quantitative estimate of drug-likeness (QED) is 0.723. The summed E-state index contributed by atoms with van der Waals surface area (Å²) in [6, 6.07) is 10.8. The van der Waals surface area contributed by atoms with Crippen LogP contribution in [0.3, 0.4) is 0 Å². The second-order valence-electron chi connectivity index (χ2n) is 5.89. The molecule has 2 heteroatoms. The first-order valence-corrected chi connectivity index (χ1v) is 7.78. The summed E-state index contributed by atoms with van der Waals surface area (Å²) in [7, 11) is 2.22. The lowest BCUT2D eigenvalue weighted by atomic mass is 10.1. The van der Waals surface area contributed by atoms with Crippen LogP contribution >= 0.6 is 0 Å². The topological polar surface area (TPSA) is 15.3 Å². The van der Waals surface area contributed by atoms with Gasteiger partial charge in [0.2, 0.25) is 0 Å². The maximum Gasteiger partial charge on any atom is 0.0104 e. The Kier molecular flexibility index (Phi) is 6.38. The first-order valence-electron chi connectivity index (χ1n) is 7.78. The molecular weight excluding hydrogens is 232 g/mol. The van der Waals surface area contributed by atoms with Crippen LogP contribution in [0.4, 0.5) is 0 Å². The van der Waals surface area contributed by atoms with E-state index in [4.69, 9.17) is 0 Å². The lowest BCUT2D eigenvalue weighted by molar-refractivity contribution is 0.330. The van der Waals surface area contributed by atoms with Gasteiger partial charge in [0, 0.05) is 19.6 Å². The molecule has 0 aliphatic heterocycles. The zero-order valence-corrected chi connectivity index (χ0v) is 12.3. The molecule has 0 atom stereocenters. The summed E-state index contributed by atoms with van der Waals surface area (Å²) in [6.45, 7) is 4.66. The molecule has 0 amide bonds. The fourth-order valence-electron chi connectivity index (χ4n) is 2.87. The van der Waals surface area contributed by atoms with Crippen molar-refractivity contribution < 1.29 is 0 Å². The van der Waals surface area contributed by atoms with Crippen LogP contribution in [0.15, 0.2) is 30.3 Å². The van der Waals surface area contributed by atoms with Crippen molar-refractivity contribution in [3.8, 4) is 0 Å². The van der Waals surface area contributed by atoms with E-state index in [0.29, 0.717) is 0 Å². The molecule has 0 radical (unpaired) electrons. The molecule has 1 aromatic carbocycles. The molecule has 0 unspecified atom stereocenters. The van der Waals surface area contributed by atoms with Gasteiger partial charge in [-0.2, -0.15) is 0 Å². The van der Waals surface area contributed by atoms with Gasteiger partial charge in [-0.25, -0.2) is 0 Å². The van der Waals surface area contributed by atoms with E-state index in [2.05, 4.69) is 47.6 Å². The third kappa shape index (κ3) is 5.75. The number of benzene rings is 1. The minimum Gasteiger partial charge on any atom is -0.315 e. The van der Waals surface area contributed by atoms with Crippen LogP contribution in [-0.2, 0) is 6.42 Å². The highest BCUT2D eigenvalue weighted by molar-refractivity contribution is 5.14. The molecule has 0 spiro atoms. The Labute approximate surface area is 118 Å². The Morgan fingerprint density at radius 1 is 1.11 bits per heavy atom. The molecule has 1 aromatic rings. The molecule has 2 rings (SSSR count). The van der Waals surface area contributed by atoms with Gasteiger partial charge in [0.1, 0.15) is 0 Å². The number of likely N-dealkylation sites (N-methyl/N-ethyl adjacent to an activating group) is 1. The highest BCUT2D eigenvalue weighted by Gasteiger charge is 2.13. The Morgan fingerprint density at radius 2 is 1.84 bits per heavy atom. The Bertz CT molecular complexity index is 330. The van der Waals surface area contributed by atoms with Crippen LogP contribution < -0.4 is 5.32 Å². The molecule has 0 saturated heterocycles. The molecule has 1 aliphatic rings. The predicted molar refractivity (Wildman–Crippen MR) is 82.5 cm³/mol. The van der Waals surface area contributed by atoms with E-state index in [1.807, 2.05) is 0 Å². The van der Waals surface area contributed by atoms with E-state index in [-0.39, 0.29) is 0 Å². The molecule has 1 N–H and O–H groups in total. The molecule has 0 bridgehead atoms. The van der Waals surface area contributed by atoms with Crippen molar-refractivity contribution in [1.29, 1.82) is 0 Å². The summed E-state index contributed by atoms with van der Waals surface area (Å²) in [5.74, 6) is 0.953. The first kappa shape index (κ1) is 14.5. The zero-order valence-electron chi connectivity index (χ0n) is 12.3. The molecule has 0 aromatic heterocycles. The van der Waals surface area contributed by atoms with Crippen molar-refractivity contribution in [3.63, 3.8) is 0 Å². The second kappa shape index (κ2) is 8.34. The molecule has 0 heterocycles. The van der Waals surface area contributed by atoms with Crippen LogP contribution in [0.2, 0.25) is 0 Å². The second-order valence-corrected chi connectivity index (χ2v) is 5.89. The molecule has 2 nitrogen and oxygen atoms in total. The zero-order chi connectivity index (χ0) is 13.3. The van der Waals surface area contributed by atoms with E-state index in [0.717, 1.165) is 32.0 Å². The summed E-state index contributed by atoms with van der Waals surface area (Å²) in [5.41, 5.74) is 1.44. The summed E-state index contributed by atoms with van der Waals surface area (Å²) < 4.78 is 0. The Hall–Kier alpha value is -0.860. The summed E-state index contributed by atoms with van der Waals surface area (Å²) >= 11 is 0. The maximum absolute atomic E-state index is 3.61. The van der Waals surface area contributed by atoms with Crippen molar-refractivity contribution in [3.05, 3.63) is 35.9 Å². The van der Waals surface area contributed by atoms with Crippen molar-refractivity contribution >= 4 is 0 Å². The van der Waals surface area contributed by atoms with Crippen LogP contribution in [-0.4, -0.2) is 38.1 Å². The lowest BCUT2D eigenvalue weighted by Crippen LogP contribution is -2.32. The van der Waals surface area contributed by atoms with Gasteiger partial charge in [-0.15, -0.1) is 0 Å². The largest absolute Gasteiger partial charge is 0.315 e. The molecule has 1 fully saturated rings. The molecular formula is C17H28N2. The van der Waals surface area contributed by atoms with Gasteiger partial charge >= 0.3 is 0 Å². The van der Waals surface area contributed by atoms with E-state index in [9.17, 15) is 0 Å². The number of hydrogen-bond donors (Lipinski definition) is 1. The maximum atomic E-state index is 3.61. The fraction of sp³-hybridized carbons (Fsp3) is 0.647. The van der Waals surface area contributed by atoms with Crippen molar-refractivity contribution in [2.24, 2.45) is 5.92 Å². The summed E-state index contributed by atoms with van der Waals surface area (Å²) in [5, 5.41) is 3.61. The van der Waals surface area contributed by atoms with Gasteiger partial charge in [0.15, 0.2) is 0 Å². The van der Waals surface area contributed by atoms with E-state index in [1.54, 1.807) is 0 Å². The summed E-state index contributed by atoms with van der Waals surface area (Å²) in [6.07, 6.45) is 6.93. The van der Waals surface area contributed by atoms with Gasteiger partial charge in [-0.05, 0) is 44.3 Å². The number of hydrogen-bond acceptors (Lipinski definition) is 2. The van der Waals surface area contributed by atoms with Gasteiger partial charge in [0.05, 0.1) is 0 Å². The van der Waals surface area contributed by atoms with Gasteiger partial charge in [0.25, 0.3) is 0 Å². The third-order valence-corrected chi connectivity index (χ3v) is 4.20. The summed E-state index contributed by atoms with van der Waals surface area (Å²) in [4.78, 5) is 2.43. The van der Waals surface area contributed by atoms with Crippen LogP contribution in [0.5, 0.6) is 0 Å². The van der Waals surface area contributed by atoms with E-state index < -0.39 is 0 Å². The normalized spacial score (nSPS) is 16.3. The van der Waals surface area contributed by atoms with E-state index >= 15 is 0 Å². The first-order chi connectivity index (χ1) is 9.34. The highest BCUT2D eigenvalue weighted by Crippen LogP contribution is 2.23. The minimum atomic E-state index is 0.953. The number of rotatable bonds is 8. The Morgan fingerprint density at radius 3 is 2.58 bits per heavy atom. The minimum absolute atomic E-state index is 0.953. The number of nitrogens with one attached hydrogen (secondary N) is 1. The standard InChI is InChI=1S/C17H28N2/c1-19(13-11-16-7-3-2-4-8-16)14-12-18-15-17-9-5-6-10-17/h2-4,7-8,17-18H,5-6,9-15H2,1H3. The van der Waals surface area contributed by atoms with Gasteiger partial charge in [-0.3, -0.25) is 0 Å². The average Bonchev–Trinajstić information content (AvgIpc) is 2.96. The van der Waals surface area contributed by atoms with Crippen LogP contribution in [0, 0.1) is 5.92 Å². The molecule has 1 saturated carbocycles. The highest BCUT2D eigenvalue weighted by atomic mass is 15.1. The fourth-order valence-corrected chi connectivity index (χ4v) is 2.87. The van der Waals surface area contributed by atoms with Gasteiger partial charge in [-0.1, -0.05) is 43.2 Å². The molecule has 19 heavy (non-hydrogen) atoms. The number of nitrogens with zero attached hydrogens (tertiary/aromatic N) is 1. The predicted octanol–water partition coefficient (Wildman–Crippen LogP) is 2.94. The molecule has 1 aliphatic carbocycles. The molecule has 106 valence electrons. The lowest BCUT2D eigenvalue weighted by Gasteiger charge is -2.18. The SMILES string of the molecule is CN(CCNCC1CCCC1)CCc1ccccc1. The monoisotopic (exact) mass is 260 g/mol. The van der Waals surface area contributed by atoms with Crippen molar-refractivity contribution in [1.82, 2.24) is 10.2 Å². The van der Waals surface area contributed by atoms with Crippen molar-refractivity contribution in [2.45, 2.75) is 32.1 Å². The van der Waals surface area contributed by atoms with Crippen molar-refractivity contribution in [2.75, 3.05) is 33.2 Å². The smallest absolute Gasteiger partial charge is 0.0104 e. The van der Waals surface area contributed by atoms with Crippen LogP contribution in [0.1, 0.15) is 31.2 Å².